The number of nitrogens with one attached hydrogen (secondary N) is 1. The number of aryl methyl sites for hydroxylation is 1. The summed E-state index contributed by atoms with van der Waals surface area (Å²) in [7, 11) is 1.46. The van der Waals surface area contributed by atoms with Crippen LogP contribution in [0.4, 0.5) is 5.69 Å². The first-order valence-electron chi connectivity index (χ1n) is 19.0. The standard InChI is InChI=1S/C43H51N3O11/c1-19-14-16-46-28(18-19)44-32-29-30-37(50)25(7)40-31(29)41(52)43(9,57-40)55-17-15-27(54-10)22(4)39(56-26(8)47)24(6)36(49)23(5)35(48)20(2)12-11-13-21(3)42(53)45-33(34(32)46)38(30)51/h11-18,20,22-24,27,35-36,39,48-51H,1-10H3,(H,45,53)/b12-11+,17-15+,21-13-/t20-,22-,23-,24-,27+,35-,36-,39-,43-/m0/s1. The van der Waals surface area contributed by atoms with Crippen molar-refractivity contribution in [3.05, 3.63) is 71.2 Å². The van der Waals surface area contributed by atoms with Crippen molar-refractivity contribution in [2.24, 2.45) is 23.7 Å². The number of rotatable bonds is 2. The lowest BCUT2D eigenvalue weighted by atomic mass is 9.78. The monoisotopic (exact) mass is 785 g/mol. The molecule has 0 saturated carbocycles. The molecule has 0 spiro atoms. The molecule has 1 amide bonds. The third-order valence-corrected chi connectivity index (χ3v) is 11.5. The van der Waals surface area contributed by atoms with Crippen molar-refractivity contribution < 1.29 is 53.8 Å². The summed E-state index contributed by atoms with van der Waals surface area (Å²) in [5.41, 5.74) is 2.18. The Kier molecular flexibility index (Phi) is 11.2. The second kappa shape index (κ2) is 15.5. The van der Waals surface area contributed by atoms with Crippen LogP contribution in [-0.2, 0) is 23.8 Å². The largest absolute Gasteiger partial charge is 0.507 e. The van der Waals surface area contributed by atoms with Gasteiger partial charge in [-0.3, -0.25) is 18.8 Å². The van der Waals surface area contributed by atoms with Crippen molar-refractivity contribution >= 4 is 50.8 Å². The minimum absolute atomic E-state index is 0.0185. The highest BCUT2D eigenvalue weighted by Crippen LogP contribution is 2.54. The van der Waals surface area contributed by atoms with Crippen molar-refractivity contribution in [2.75, 3.05) is 12.4 Å². The van der Waals surface area contributed by atoms with Crippen LogP contribution in [0.5, 0.6) is 17.2 Å². The number of ether oxygens (including phenoxy) is 4. The van der Waals surface area contributed by atoms with Gasteiger partial charge in [0.2, 0.25) is 0 Å². The lowest BCUT2D eigenvalue weighted by Crippen LogP contribution is -2.46. The molecule has 6 rings (SSSR count). The summed E-state index contributed by atoms with van der Waals surface area (Å²) >= 11 is 0. The quantitative estimate of drug-likeness (QED) is 0.115. The third kappa shape index (κ3) is 7.10. The number of aromatic nitrogens is 2. The average molecular weight is 786 g/mol. The summed E-state index contributed by atoms with van der Waals surface area (Å²) in [6.07, 6.45) is 5.62. The number of hydrogen-bond acceptors (Lipinski definition) is 12. The number of Topliss-reactive ketones (excluding diaryl/α,β-unsaturated/α-hetero) is 1. The van der Waals surface area contributed by atoms with E-state index in [1.54, 1.807) is 63.4 Å². The number of aromatic hydroxyl groups is 2. The maximum atomic E-state index is 14.6. The molecule has 0 aliphatic carbocycles. The highest BCUT2D eigenvalue weighted by Gasteiger charge is 2.50. The molecule has 2 aromatic carbocycles. The number of esters is 1. The SMILES string of the molecule is CO[C@@H]1/C=C/O[C@@]2(C)Oc3c(C)c(O)c4c(O)c(c5c(nc6cc(C)ccn65)c4c3C2=O)NC(=O)/C(C)=C\C=C\[C@H](C)[C@H](O)[C@H](C)[C@H](O)[C@H](C)[C@@H](OC(C)=O)[C@H]1C. The van der Waals surface area contributed by atoms with Gasteiger partial charge in [0.15, 0.2) is 5.75 Å². The van der Waals surface area contributed by atoms with Gasteiger partial charge in [0.05, 0.1) is 35.5 Å². The van der Waals surface area contributed by atoms with Crippen molar-refractivity contribution in [2.45, 2.75) is 92.5 Å². The van der Waals surface area contributed by atoms with Gasteiger partial charge in [-0.05, 0) is 44.5 Å². The van der Waals surface area contributed by atoms with Crippen LogP contribution in [0.25, 0.3) is 27.5 Å². The summed E-state index contributed by atoms with van der Waals surface area (Å²) in [4.78, 5) is 45.6. The molecule has 2 aliphatic heterocycles. The van der Waals surface area contributed by atoms with E-state index in [2.05, 4.69) is 5.32 Å². The molecule has 14 heteroatoms. The van der Waals surface area contributed by atoms with Crippen LogP contribution in [0.3, 0.4) is 0 Å². The second-order valence-corrected chi connectivity index (χ2v) is 15.6. The van der Waals surface area contributed by atoms with Gasteiger partial charge in [-0.1, -0.05) is 45.9 Å². The van der Waals surface area contributed by atoms with Gasteiger partial charge >= 0.3 is 11.8 Å². The van der Waals surface area contributed by atoms with Crippen molar-refractivity contribution in [3.63, 3.8) is 0 Å². The maximum absolute atomic E-state index is 14.6. The number of phenols is 2. The second-order valence-electron chi connectivity index (χ2n) is 15.6. The number of hydrogen-bond donors (Lipinski definition) is 5. The Morgan fingerprint density at radius 3 is 2.35 bits per heavy atom. The molecule has 0 fully saturated rings. The minimum Gasteiger partial charge on any atom is -0.507 e. The van der Waals surface area contributed by atoms with Crippen LogP contribution in [0.1, 0.15) is 70.0 Å². The highest BCUT2D eigenvalue weighted by atomic mass is 16.7. The number of carbonyl (C=O) groups is 3. The average Bonchev–Trinajstić information content (AvgIpc) is 3.67. The molecule has 2 aliphatic rings. The zero-order valence-corrected chi connectivity index (χ0v) is 33.8. The number of benzene rings is 2. The van der Waals surface area contributed by atoms with E-state index in [1.807, 2.05) is 19.1 Å². The first-order valence-corrected chi connectivity index (χ1v) is 19.0. The third-order valence-electron chi connectivity index (χ3n) is 11.5. The normalized spacial score (nSPS) is 30.8. The van der Waals surface area contributed by atoms with E-state index in [-0.39, 0.29) is 55.7 Å². The Balaban J connectivity index is 1.58. The number of amides is 1. The summed E-state index contributed by atoms with van der Waals surface area (Å²) in [5, 5.41) is 49.4. The number of methoxy groups -OCH3 is 1. The number of pyridine rings is 1. The van der Waals surface area contributed by atoms with Crippen molar-refractivity contribution in [3.8, 4) is 17.2 Å². The molecule has 5 N–H and O–H groups in total. The number of phenolic OH excluding ortho intramolecular Hbond substituents is 2. The Morgan fingerprint density at radius 1 is 0.982 bits per heavy atom. The number of imidazole rings is 1. The molecule has 4 bridgehead atoms. The Hall–Kier alpha value is -5.44. The summed E-state index contributed by atoms with van der Waals surface area (Å²) < 4.78 is 25.5. The van der Waals surface area contributed by atoms with Crippen LogP contribution < -0.4 is 10.1 Å². The molecule has 0 saturated heterocycles. The highest BCUT2D eigenvalue weighted by molar-refractivity contribution is 6.28. The van der Waals surface area contributed by atoms with Crippen molar-refractivity contribution in [1.29, 1.82) is 0 Å². The lowest BCUT2D eigenvalue weighted by Gasteiger charge is -2.38. The fourth-order valence-electron chi connectivity index (χ4n) is 8.03. The first-order chi connectivity index (χ1) is 26.8. The van der Waals surface area contributed by atoms with Gasteiger partial charge in [-0.2, -0.15) is 0 Å². The zero-order valence-electron chi connectivity index (χ0n) is 33.8. The molecule has 57 heavy (non-hydrogen) atoms. The number of aliphatic hydroxyl groups excluding tert-OH is 2. The van der Waals surface area contributed by atoms with E-state index in [4.69, 9.17) is 23.9 Å². The van der Waals surface area contributed by atoms with Gasteiger partial charge in [0.25, 0.3) is 11.7 Å². The molecule has 2 aromatic heterocycles. The molecule has 0 radical (unpaired) electrons. The molecule has 0 unspecified atom stereocenters. The smallest absolute Gasteiger partial charge is 0.312 e. The molecular weight excluding hydrogens is 734 g/mol. The van der Waals surface area contributed by atoms with E-state index >= 15 is 0 Å². The Labute approximate surface area is 330 Å². The number of carbonyl (C=O) groups excluding carboxylic acids is 3. The zero-order chi connectivity index (χ0) is 41.8. The van der Waals surface area contributed by atoms with Gasteiger partial charge < -0.3 is 44.7 Å². The Morgan fingerprint density at radius 2 is 1.68 bits per heavy atom. The van der Waals surface area contributed by atoms with Gasteiger partial charge in [0.1, 0.15) is 40.0 Å². The Bertz CT molecular complexity index is 2380. The first kappa shape index (κ1) is 41.2. The van der Waals surface area contributed by atoms with E-state index < -0.39 is 77.3 Å². The van der Waals surface area contributed by atoms with Crippen LogP contribution in [0, 0.1) is 37.5 Å². The van der Waals surface area contributed by atoms with Crippen LogP contribution in [-0.4, -0.2) is 84.8 Å². The predicted molar refractivity (Wildman–Crippen MR) is 213 cm³/mol. The van der Waals surface area contributed by atoms with E-state index in [1.165, 1.54) is 40.2 Å². The molecule has 4 aromatic rings. The van der Waals surface area contributed by atoms with E-state index in [0.717, 1.165) is 5.56 Å². The number of ketones is 1. The molecule has 14 nitrogen and oxygen atoms in total. The summed E-state index contributed by atoms with van der Waals surface area (Å²) in [6, 6.07) is 3.64. The van der Waals surface area contributed by atoms with Crippen molar-refractivity contribution in [1.82, 2.24) is 9.38 Å². The fraction of sp³-hybridized carbons (Fsp3) is 0.442. The molecule has 4 heterocycles. The summed E-state index contributed by atoms with van der Waals surface area (Å²) in [6.45, 7) is 14.7. The predicted octanol–water partition coefficient (Wildman–Crippen LogP) is 6.16. The topological polar surface area (TPSA) is 198 Å². The number of anilines is 1. The maximum Gasteiger partial charge on any atom is 0.312 e. The molecule has 304 valence electrons. The van der Waals surface area contributed by atoms with E-state index in [9.17, 15) is 34.8 Å². The number of nitrogens with zero attached hydrogens (tertiary/aromatic N) is 2. The van der Waals surface area contributed by atoms with Gasteiger partial charge in [-0.25, -0.2) is 4.98 Å². The molecule has 9 atom stereocenters. The van der Waals surface area contributed by atoms with Crippen LogP contribution in [0.2, 0.25) is 0 Å². The van der Waals surface area contributed by atoms with Gasteiger partial charge in [0, 0.05) is 67.3 Å². The number of aliphatic hydroxyl groups is 2. The minimum atomic E-state index is -1.96. The number of allylic oxidation sites excluding steroid dienone is 2. The van der Waals surface area contributed by atoms with Crippen LogP contribution >= 0.6 is 0 Å². The molecular formula is C43H51N3O11. The lowest BCUT2D eigenvalue weighted by molar-refractivity contribution is -0.160. The summed E-state index contributed by atoms with van der Waals surface area (Å²) in [5.74, 6) is -6.96. The van der Waals surface area contributed by atoms with E-state index in [0.29, 0.717) is 5.65 Å². The van der Waals surface area contributed by atoms with Crippen LogP contribution in [0.15, 0.2) is 54.5 Å². The van der Waals surface area contributed by atoms with Gasteiger partial charge in [-0.15, -0.1) is 0 Å². The fourth-order valence-corrected chi connectivity index (χ4v) is 8.03. The number of fused-ring (bicyclic) bond motifs is 2.